The first-order valence-corrected chi connectivity index (χ1v) is 7.90. The maximum absolute atomic E-state index is 12.9. The molecule has 1 amide bonds. The molecule has 0 aromatic heterocycles. The van der Waals surface area contributed by atoms with E-state index >= 15 is 0 Å². The zero-order valence-electron chi connectivity index (χ0n) is 14.1. The van der Waals surface area contributed by atoms with Crippen LogP contribution in [0.2, 0.25) is 0 Å². The van der Waals surface area contributed by atoms with Crippen molar-refractivity contribution < 1.29 is 18.7 Å². The second-order valence-electron chi connectivity index (χ2n) is 5.44. The maximum atomic E-state index is 12.9. The van der Waals surface area contributed by atoms with E-state index in [1.165, 1.54) is 24.3 Å². The molecule has 0 bridgehead atoms. The lowest BCUT2D eigenvalue weighted by Gasteiger charge is -2.22. The molecule has 0 heterocycles. The van der Waals surface area contributed by atoms with Crippen molar-refractivity contribution in [3.05, 3.63) is 59.9 Å². The lowest BCUT2D eigenvalue weighted by Crippen LogP contribution is -2.39. The molecule has 0 aliphatic carbocycles. The van der Waals surface area contributed by atoms with Gasteiger partial charge in [0.25, 0.3) is 5.91 Å². The van der Waals surface area contributed by atoms with Crippen LogP contribution in [0.3, 0.4) is 0 Å². The summed E-state index contributed by atoms with van der Waals surface area (Å²) in [7, 11) is 1.60. The maximum Gasteiger partial charge on any atom is 0.261 e. The van der Waals surface area contributed by atoms with Gasteiger partial charge in [0, 0.05) is 5.56 Å². The Morgan fingerprint density at radius 1 is 1.17 bits per heavy atom. The van der Waals surface area contributed by atoms with Crippen LogP contribution in [0.15, 0.2) is 48.5 Å². The molecule has 0 aliphatic rings. The Hall–Kier alpha value is -2.56. The summed E-state index contributed by atoms with van der Waals surface area (Å²) >= 11 is 0. The molecular formula is C19H22FNO3. The van der Waals surface area contributed by atoms with Gasteiger partial charge in [0.1, 0.15) is 17.3 Å². The summed E-state index contributed by atoms with van der Waals surface area (Å²) in [6.07, 6.45) is -0.144. The van der Waals surface area contributed by atoms with Crippen molar-refractivity contribution in [2.24, 2.45) is 0 Å². The standard InChI is InChI=1S/C19H22FNO3/c1-4-17(24-15-11-9-14(20)10-12-15)19(22)21-13(2)16-7-5-6-8-18(16)23-3/h5-13,17H,4H2,1-3H3,(H,21,22)/t13-,17-/m0/s1. The van der Waals surface area contributed by atoms with Crippen molar-refractivity contribution in [1.29, 1.82) is 0 Å². The van der Waals surface area contributed by atoms with Crippen LogP contribution in [0.5, 0.6) is 11.5 Å². The van der Waals surface area contributed by atoms with Gasteiger partial charge in [-0.3, -0.25) is 4.79 Å². The van der Waals surface area contributed by atoms with Crippen LogP contribution in [0.1, 0.15) is 31.9 Å². The van der Waals surface area contributed by atoms with Gasteiger partial charge in [-0.1, -0.05) is 25.1 Å². The fraction of sp³-hybridized carbons (Fsp3) is 0.316. The number of halogens is 1. The summed E-state index contributed by atoms with van der Waals surface area (Å²) in [5.74, 6) is 0.617. The predicted octanol–water partition coefficient (Wildman–Crippen LogP) is 3.87. The molecule has 0 saturated heterocycles. The first-order chi connectivity index (χ1) is 11.5. The second kappa shape index (κ2) is 8.34. The van der Waals surface area contributed by atoms with Crippen molar-refractivity contribution in [2.75, 3.05) is 7.11 Å². The molecule has 1 N–H and O–H groups in total. The number of carbonyl (C=O) groups excluding carboxylic acids is 1. The van der Waals surface area contributed by atoms with E-state index < -0.39 is 6.10 Å². The van der Waals surface area contributed by atoms with E-state index in [9.17, 15) is 9.18 Å². The fourth-order valence-electron chi connectivity index (χ4n) is 2.41. The van der Waals surface area contributed by atoms with Crippen molar-refractivity contribution in [3.63, 3.8) is 0 Å². The van der Waals surface area contributed by atoms with Crippen LogP contribution < -0.4 is 14.8 Å². The number of rotatable bonds is 7. The van der Waals surface area contributed by atoms with E-state index in [-0.39, 0.29) is 17.8 Å². The quantitative estimate of drug-likeness (QED) is 0.838. The highest BCUT2D eigenvalue weighted by molar-refractivity contribution is 5.81. The number of methoxy groups -OCH3 is 1. The molecule has 2 aromatic rings. The Kier molecular flexibility index (Phi) is 6.18. The molecular weight excluding hydrogens is 309 g/mol. The molecule has 0 spiro atoms. The number of benzene rings is 2. The van der Waals surface area contributed by atoms with Crippen LogP contribution in [-0.4, -0.2) is 19.1 Å². The number of hydrogen-bond donors (Lipinski definition) is 1. The van der Waals surface area contributed by atoms with Gasteiger partial charge < -0.3 is 14.8 Å². The Morgan fingerprint density at radius 3 is 2.46 bits per heavy atom. The topological polar surface area (TPSA) is 47.6 Å². The van der Waals surface area contributed by atoms with Crippen LogP contribution in [0.25, 0.3) is 0 Å². The van der Waals surface area contributed by atoms with Crippen molar-refractivity contribution in [3.8, 4) is 11.5 Å². The highest BCUT2D eigenvalue weighted by Crippen LogP contribution is 2.24. The molecule has 4 nitrogen and oxygen atoms in total. The van der Waals surface area contributed by atoms with Crippen LogP contribution in [0.4, 0.5) is 4.39 Å². The molecule has 0 radical (unpaired) electrons. The molecule has 5 heteroatoms. The lowest BCUT2D eigenvalue weighted by molar-refractivity contribution is -0.128. The number of carbonyl (C=O) groups is 1. The van der Waals surface area contributed by atoms with Gasteiger partial charge in [0.15, 0.2) is 6.10 Å². The van der Waals surface area contributed by atoms with Crippen molar-refractivity contribution >= 4 is 5.91 Å². The van der Waals surface area contributed by atoms with E-state index in [4.69, 9.17) is 9.47 Å². The van der Waals surface area contributed by atoms with Gasteiger partial charge in [0.05, 0.1) is 13.2 Å². The van der Waals surface area contributed by atoms with E-state index in [0.29, 0.717) is 12.2 Å². The van der Waals surface area contributed by atoms with E-state index in [1.807, 2.05) is 38.1 Å². The Bertz CT molecular complexity index is 673. The number of amides is 1. The first-order valence-electron chi connectivity index (χ1n) is 7.90. The predicted molar refractivity (Wildman–Crippen MR) is 90.7 cm³/mol. The van der Waals surface area contributed by atoms with Gasteiger partial charge in [-0.15, -0.1) is 0 Å². The Balaban J connectivity index is 2.04. The number of ether oxygens (including phenoxy) is 2. The van der Waals surface area contributed by atoms with Crippen molar-refractivity contribution in [1.82, 2.24) is 5.32 Å². The number of para-hydroxylation sites is 1. The van der Waals surface area contributed by atoms with Gasteiger partial charge in [-0.25, -0.2) is 4.39 Å². The van der Waals surface area contributed by atoms with Crippen LogP contribution >= 0.6 is 0 Å². The van der Waals surface area contributed by atoms with Gasteiger partial charge >= 0.3 is 0 Å². The molecule has 2 atom stereocenters. The van der Waals surface area contributed by atoms with Crippen molar-refractivity contribution in [2.45, 2.75) is 32.4 Å². The summed E-state index contributed by atoms with van der Waals surface area (Å²) in [6, 6.07) is 12.9. The summed E-state index contributed by atoms with van der Waals surface area (Å²) in [5.41, 5.74) is 0.894. The summed E-state index contributed by atoms with van der Waals surface area (Å²) in [4.78, 5) is 12.5. The molecule has 0 unspecified atom stereocenters. The molecule has 2 aromatic carbocycles. The normalized spacial score (nSPS) is 13.0. The minimum Gasteiger partial charge on any atom is -0.496 e. The largest absolute Gasteiger partial charge is 0.496 e. The smallest absolute Gasteiger partial charge is 0.261 e. The molecule has 128 valence electrons. The zero-order valence-corrected chi connectivity index (χ0v) is 14.1. The monoisotopic (exact) mass is 331 g/mol. The van der Waals surface area contributed by atoms with Gasteiger partial charge in [-0.05, 0) is 43.7 Å². The van der Waals surface area contributed by atoms with Gasteiger partial charge in [-0.2, -0.15) is 0 Å². The zero-order chi connectivity index (χ0) is 17.5. The minimum absolute atomic E-state index is 0.222. The van der Waals surface area contributed by atoms with E-state index in [1.54, 1.807) is 7.11 Å². The second-order valence-corrected chi connectivity index (χ2v) is 5.44. The Labute approximate surface area is 141 Å². The van der Waals surface area contributed by atoms with E-state index in [2.05, 4.69) is 5.32 Å². The number of nitrogens with one attached hydrogen (secondary N) is 1. The highest BCUT2D eigenvalue weighted by atomic mass is 19.1. The minimum atomic E-state index is -0.646. The Morgan fingerprint density at radius 2 is 1.83 bits per heavy atom. The third kappa shape index (κ3) is 4.47. The first kappa shape index (κ1) is 17.8. The molecule has 0 fully saturated rings. The third-order valence-electron chi connectivity index (χ3n) is 3.72. The lowest BCUT2D eigenvalue weighted by atomic mass is 10.1. The van der Waals surface area contributed by atoms with E-state index in [0.717, 1.165) is 11.3 Å². The molecule has 2 rings (SSSR count). The molecule has 24 heavy (non-hydrogen) atoms. The van der Waals surface area contributed by atoms with Crippen LogP contribution in [-0.2, 0) is 4.79 Å². The molecule has 0 aliphatic heterocycles. The van der Waals surface area contributed by atoms with Gasteiger partial charge in [0.2, 0.25) is 0 Å². The summed E-state index contributed by atoms with van der Waals surface area (Å²) < 4.78 is 23.9. The summed E-state index contributed by atoms with van der Waals surface area (Å²) in [6.45, 7) is 3.75. The SMILES string of the molecule is CC[C@H](Oc1ccc(F)cc1)C(=O)N[C@@H](C)c1ccccc1OC. The third-order valence-corrected chi connectivity index (χ3v) is 3.72. The van der Waals surface area contributed by atoms with Crippen LogP contribution in [0, 0.1) is 5.82 Å². The summed E-state index contributed by atoms with van der Waals surface area (Å²) in [5, 5.41) is 2.94. The fourth-order valence-corrected chi connectivity index (χ4v) is 2.41. The number of hydrogen-bond acceptors (Lipinski definition) is 3. The highest BCUT2D eigenvalue weighted by Gasteiger charge is 2.22. The molecule has 0 saturated carbocycles. The average Bonchev–Trinajstić information content (AvgIpc) is 2.60. The average molecular weight is 331 g/mol.